The molecule has 2 aromatic carbocycles. The van der Waals surface area contributed by atoms with Crippen molar-refractivity contribution in [2.24, 2.45) is 0 Å². The van der Waals surface area contributed by atoms with E-state index in [9.17, 15) is 0 Å². The molecule has 2 aliphatic carbocycles. The fourth-order valence-corrected chi connectivity index (χ4v) is 3.66. The van der Waals surface area contributed by atoms with Crippen molar-refractivity contribution in [3.05, 3.63) is 95.1 Å². The Labute approximate surface area is 150 Å². The largest absolute Gasteiger partial charge is 0.0616 e. The zero-order valence-electron chi connectivity index (χ0n) is 15.2. The molecule has 2 aromatic rings. The van der Waals surface area contributed by atoms with Crippen molar-refractivity contribution in [2.45, 2.75) is 33.1 Å². The fourth-order valence-electron chi connectivity index (χ4n) is 3.66. The van der Waals surface area contributed by atoms with Crippen molar-refractivity contribution in [1.82, 2.24) is 0 Å². The molecule has 0 saturated carbocycles. The maximum absolute atomic E-state index is 2.37. The zero-order valence-corrected chi connectivity index (χ0v) is 15.2. The van der Waals surface area contributed by atoms with Crippen LogP contribution in [0.1, 0.15) is 42.0 Å². The van der Waals surface area contributed by atoms with Crippen LogP contribution in [-0.2, 0) is 6.42 Å². The highest BCUT2D eigenvalue weighted by molar-refractivity contribution is 5.83. The lowest BCUT2D eigenvalue weighted by atomic mass is 9.97. The lowest BCUT2D eigenvalue weighted by Gasteiger charge is -2.07. The Morgan fingerprint density at radius 3 is 2.32 bits per heavy atom. The Kier molecular flexibility index (Phi) is 4.05. The van der Waals surface area contributed by atoms with Crippen LogP contribution < -0.4 is 0 Å². The number of fused-ring (bicyclic) bond motifs is 2. The van der Waals surface area contributed by atoms with Crippen LogP contribution in [0, 0.1) is 6.92 Å². The first kappa shape index (κ1) is 15.9. The summed E-state index contributed by atoms with van der Waals surface area (Å²) in [7, 11) is 0. The molecule has 0 atom stereocenters. The average Bonchev–Trinajstić information content (AvgIpc) is 2.86. The SMILES string of the molecule is Cc1ccc2c(Cc3ccc4ccccc4c3)ccc(C(C)C)cc1-2. The molecular weight excluding hydrogens is 300 g/mol. The third-order valence-corrected chi connectivity index (χ3v) is 5.22. The van der Waals surface area contributed by atoms with Crippen LogP contribution in [0.4, 0.5) is 0 Å². The molecule has 2 aliphatic rings. The number of hydrogen-bond donors (Lipinski definition) is 0. The van der Waals surface area contributed by atoms with Gasteiger partial charge in [0, 0.05) is 0 Å². The van der Waals surface area contributed by atoms with E-state index in [1.165, 1.54) is 44.2 Å². The molecule has 0 saturated heterocycles. The Bertz CT molecular complexity index is 1010. The smallest absolute Gasteiger partial charge is 0.00194 e. The zero-order chi connectivity index (χ0) is 17.4. The van der Waals surface area contributed by atoms with Gasteiger partial charge in [-0.15, -0.1) is 0 Å². The van der Waals surface area contributed by atoms with Crippen LogP contribution in [0.5, 0.6) is 0 Å². The first-order valence-electron chi connectivity index (χ1n) is 9.11. The van der Waals surface area contributed by atoms with Gasteiger partial charge in [0.1, 0.15) is 0 Å². The van der Waals surface area contributed by atoms with Crippen molar-refractivity contribution in [3.8, 4) is 11.1 Å². The molecule has 25 heavy (non-hydrogen) atoms. The first-order chi connectivity index (χ1) is 12.1. The molecule has 0 fully saturated rings. The predicted octanol–water partition coefficient (Wildman–Crippen LogP) is 6.97. The normalized spacial score (nSPS) is 11.5. The van der Waals surface area contributed by atoms with E-state index < -0.39 is 0 Å². The molecule has 0 heterocycles. The number of hydrogen-bond acceptors (Lipinski definition) is 0. The monoisotopic (exact) mass is 324 g/mol. The maximum Gasteiger partial charge on any atom is -0.00194 e. The summed E-state index contributed by atoms with van der Waals surface area (Å²) in [5.41, 5.74) is 8.33. The highest BCUT2D eigenvalue weighted by Gasteiger charge is 2.13. The molecule has 0 N–H and O–H groups in total. The second-order valence-corrected chi connectivity index (χ2v) is 7.36. The van der Waals surface area contributed by atoms with Crippen LogP contribution in [0.2, 0.25) is 0 Å². The minimum absolute atomic E-state index is 0.540. The van der Waals surface area contributed by atoms with Crippen LogP contribution in [0.3, 0.4) is 0 Å². The Hall–Kier alpha value is -2.60. The van der Waals surface area contributed by atoms with E-state index in [0.29, 0.717) is 5.92 Å². The lowest BCUT2D eigenvalue weighted by molar-refractivity contribution is 0.868. The third kappa shape index (κ3) is 3.05. The maximum atomic E-state index is 2.37. The average molecular weight is 324 g/mol. The molecule has 0 spiro atoms. The van der Waals surface area contributed by atoms with Gasteiger partial charge in [-0.1, -0.05) is 86.6 Å². The summed E-state index contributed by atoms with van der Waals surface area (Å²) in [4.78, 5) is 0. The van der Waals surface area contributed by atoms with Gasteiger partial charge >= 0.3 is 0 Å². The lowest BCUT2D eigenvalue weighted by Crippen LogP contribution is -1.89. The van der Waals surface area contributed by atoms with Crippen molar-refractivity contribution >= 4 is 10.8 Å². The summed E-state index contributed by atoms with van der Waals surface area (Å²) in [6.07, 6.45) is 0.969. The minimum atomic E-state index is 0.540. The molecule has 124 valence electrons. The topological polar surface area (TPSA) is 0 Å². The van der Waals surface area contributed by atoms with Gasteiger partial charge in [0.15, 0.2) is 0 Å². The van der Waals surface area contributed by atoms with E-state index in [4.69, 9.17) is 0 Å². The van der Waals surface area contributed by atoms with Gasteiger partial charge in [-0.05, 0) is 63.4 Å². The van der Waals surface area contributed by atoms with Gasteiger partial charge in [-0.25, -0.2) is 0 Å². The molecule has 0 unspecified atom stereocenters. The van der Waals surface area contributed by atoms with Crippen LogP contribution in [0.15, 0.2) is 72.8 Å². The quantitative estimate of drug-likeness (QED) is 0.382. The van der Waals surface area contributed by atoms with Gasteiger partial charge in [0.2, 0.25) is 0 Å². The second kappa shape index (κ2) is 6.37. The summed E-state index contributed by atoms with van der Waals surface area (Å²) in [6, 6.07) is 27.0. The van der Waals surface area contributed by atoms with E-state index in [1.54, 1.807) is 0 Å². The third-order valence-electron chi connectivity index (χ3n) is 5.22. The highest BCUT2D eigenvalue weighted by Crippen LogP contribution is 2.33. The van der Waals surface area contributed by atoms with Crippen LogP contribution in [0.25, 0.3) is 21.9 Å². The Balaban J connectivity index is 1.80. The van der Waals surface area contributed by atoms with Gasteiger partial charge < -0.3 is 0 Å². The fraction of sp³-hybridized carbons (Fsp3) is 0.200. The van der Waals surface area contributed by atoms with Crippen molar-refractivity contribution in [3.63, 3.8) is 0 Å². The molecule has 0 heteroatoms. The van der Waals surface area contributed by atoms with E-state index in [0.717, 1.165) is 6.42 Å². The molecule has 0 nitrogen and oxygen atoms in total. The Morgan fingerprint density at radius 1 is 0.720 bits per heavy atom. The summed E-state index contributed by atoms with van der Waals surface area (Å²) in [5.74, 6) is 0.540. The summed E-state index contributed by atoms with van der Waals surface area (Å²) >= 11 is 0. The van der Waals surface area contributed by atoms with Crippen molar-refractivity contribution < 1.29 is 0 Å². The molecule has 0 radical (unpaired) electrons. The predicted molar refractivity (Wildman–Crippen MR) is 109 cm³/mol. The first-order valence-corrected chi connectivity index (χ1v) is 9.11. The Morgan fingerprint density at radius 2 is 1.52 bits per heavy atom. The molecule has 0 aliphatic heterocycles. The highest BCUT2D eigenvalue weighted by atomic mass is 14.2. The van der Waals surface area contributed by atoms with Gasteiger partial charge in [-0.3, -0.25) is 0 Å². The molecule has 4 rings (SSSR count). The van der Waals surface area contributed by atoms with E-state index >= 15 is 0 Å². The molecule has 0 aromatic heterocycles. The number of rotatable bonds is 3. The van der Waals surface area contributed by atoms with Gasteiger partial charge in [0.25, 0.3) is 0 Å². The molecule has 0 amide bonds. The molecular formula is C25H24. The summed E-state index contributed by atoms with van der Waals surface area (Å²) in [6.45, 7) is 6.75. The van der Waals surface area contributed by atoms with Crippen molar-refractivity contribution in [2.75, 3.05) is 0 Å². The van der Waals surface area contributed by atoms with Gasteiger partial charge in [-0.2, -0.15) is 0 Å². The number of benzene rings is 2. The van der Waals surface area contributed by atoms with E-state index in [2.05, 4.69) is 93.6 Å². The van der Waals surface area contributed by atoms with E-state index in [-0.39, 0.29) is 0 Å². The van der Waals surface area contributed by atoms with Gasteiger partial charge in [0.05, 0.1) is 0 Å². The summed E-state index contributed by atoms with van der Waals surface area (Å²) in [5, 5.41) is 2.62. The summed E-state index contributed by atoms with van der Waals surface area (Å²) < 4.78 is 0. The minimum Gasteiger partial charge on any atom is -0.0616 e. The van der Waals surface area contributed by atoms with E-state index in [1.807, 2.05) is 0 Å². The van der Waals surface area contributed by atoms with Crippen LogP contribution in [-0.4, -0.2) is 0 Å². The standard InChI is InChI=1S/C25H24/c1-17(2)21-11-12-23(24-13-8-18(3)25(24)16-21)15-19-9-10-20-6-4-5-7-22(20)14-19/h4-14,16-17H,15H2,1-3H3. The van der Waals surface area contributed by atoms with Crippen LogP contribution >= 0.6 is 0 Å². The molecule has 0 bridgehead atoms. The number of aryl methyl sites for hydroxylation is 1. The second-order valence-electron chi connectivity index (χ2n) is 7.36. The van der Waals surface area contributed by atoms with Crippen molar-refractivity contribution in [1.29, 1.82) is 0 Å².